The average Bonchev–Trinajstić information content (AvgIpc) is 2.84. The summed E-state index contributed by atoms with van der Waals surface area (Å²) in [4.78, 5) is 27.9. The number of aldehydes is 1. The van der Waals surface area contributed by atoms with Crippen molar-refractivity contribution in [3.8, 4) is 0 Å². The van der Waals surface area contributed by atoms with Crippen molar-refractivity contribution in [3.05, 3.63) is 54.0 Å². The van der Waals surface area contributed by atoms with Gasteiger partial charge in [0, 0.05) is 25.4 Å². The standard InChI is InChI=1S/C17H18N4O.C2H4O/c1-11(22)19-14-8-9-15-16(10-14)21-17(20-15)12-4-3-5-13(18-2)7-6-12;1-2-3/h3,5-10,18H,4H2,1-2H3,(H,19,22)(H,20,21);2H,1H3. The number of amides is 1. The van der Waals surface area contributed by atoms with Gasteiger partial charge in [-0.2, -0.15) is 0 Å². The van der Waals surface area contributed by atoms with E-state index in [0.29, 0.717) is 0 Å². The lowest BCUT2D eigenvalue weighted by Crippen LogP contribution is -2.05. The molecule has 0 atom stereocenters. The van der Waals surface area contributed by atoms with Gasteiger partial charge in [0.1, 0.15) is 12.1 Å². The van der Waals surface area contributed by atoms with Gasteiger partial charge in [0.15, 0.2) is 0 Å². The first-order chi connectivity index (χ1) is 12.1. The first-order valence-electron chi connectivity index (χ1n) is 8.00. The molecule has 6 nitrogen and oxygen atoms in total. The number of fused-ring (bicyclic) bond motifs is 1. The van der Waals surface area contributed by atoms with Gasteiger partial charge in [-0.1, -0.05) is 12.2 Å². The molecular weight excluding hydrogens is 316 g/mol. The summed E-state index contributed by atoms with van der Waals surface area (Å²) >= 11 is 0. The molecular formula is C19H22N4O2. The van der Waals surface area contributed by atoms with Crippen LogP contribution in [0.1, 0.15) is 26.1 Å². The lowest BCUT2D eigenvalue weighted by atomic mass is 10.2. The Labute approximate surface area is 146 Å². The molecule has 0 aliphatic heterocycles. The Kier molecular flexibility index (Phi) is 6.28. The van der Waals surface area contributed by atoms with Crippen molar-refractivity contribution in [2.75, 3.05) is 12.4 Å². The number of H-pyrrole nitrogens is 1. The van der Waals surface area contributed by atoms with E-state index in [1.165, 1.54) is 13.8 Å². The van der Waals surface area contributed by atoms with Crippen molar-refractivity contribution in [2.45, 2.75) is 20.3 Å². The van der Waals surface area contributed by atoms with Crippen LogP contribution in [0.4, 0.5) is 5.69 Å². The number of anilines is 1. The monoisotopic (exact) mass is 338 g/mol. The number of allylic oxidation sites excluding steroid dienone is 5. The number of imidazole rings is 1. The highest BCUT2D eigenvalue weighted by Gasteiger charge is 2.09. The number of nitrogens with zero attached hydrogens (tertiary/aromatic N) is 1. The van der Waals surface area contributed by atoms with E-state index in [0.717, 1.165) is 46.5 Å². The molecule has 1 aromatic heterocycles. The highest BCUT2D eigenvalue weighted by molar-refractivity contribution is 5.91. The largest absolute Gasteiger partial charge is 0.388 e. The van der Waals surface area contributed by atoms with Crippen LogP contribution >= 0.6 is 0 Å². The van der Waals surface area contributed by atoms with Crippen LogP contribution in [0.2, 0.25) is 0 Å². The van der Waals surface area contributed by atoms with Crippen LogP contribution in [0, 0.1) is 0 Å². The molecule has 1 aliphatic rings. The molecule has 0 bridgehead atoms. The van der Waals surface area contributed by atoms with Crippen molar-refractivity contribution in [3.63, 3.8) is 0 Å². The van der Waals surface area contributed by atoms with Crippen molar-refractivity contribution in [1.82, 2.24) is 15.3 Å². The number of carbonyl (C=O) groups is 2. The van der Waals surface area contributed by atoms with E-state index in [9.17, 15) is 4.79 Å². The van der Waals surface area contributed by atoms with Gasteiger partial charge in [0.05, 0.1) is 11.0 Å². The van der Waals surface area contributed by atoms with Crippen molar-refractivity contribution in [2.24, 2.45) is 0 Å². The summed E-state index contributed by atoms with van der Waals surface area (Å²) in [6.45, 7) is 2.94. The molecule has 25 heavy (non-hydrogen) atoms. The third-order valence-electron chi connectivity index (χ3n) is 3.49. The quantitative estimate of drug-likeness (QED) is 0.750. The molecule has 0 fully saturated rings. The van der Waals surface area contributed by atoms with E-state index in [-0.39, 0.29) is 5.91 Å². The van der Waals surface area contributed by atoms with Gasteiger partial charge in [-0.05, 0) is 49.3 Å². The smallest absolute Gasteiger partial charge is 0.221 e. The molecule has 1 aliphatic carbocycles. The summed E-state index contributed by atoms with van der Waals surface area (Å²) in [7, 11) is 1.90. The number of aromatic amines is 1. The van der Waals surface area contributed by atoms with Crippen LogP contribution in [-0.4, -0.2) is 29.2 Å². The minimum atomic E-state index is -0.0829. The number of aromatic nitrogens is 2. The number of carbonyl (C=O) groups excluding carboxylic acids is 2. The van der Waals surface area contributed by atoms with Gasteiger partial charge in [0.2, 0.25) is 5.91 Å². The first-order valence-corrected chi connectivity index (χ1v) is 8.00. The summed E-state index contributed by atoms with van der Waals surface area (Å²) in [5, 5.41) is 5.91. The number of likely N-dealkylation sites (N-methyl/N-ethyl adjacent to an activating group) is 1. The number of nitrogens with one attached hydrogen (secondary N) is 3. The summed E-state index contributed by atoms with van der Waals surface area (Å²) in [6.07, 6.45) is 9.84. The number of rotatable bonds is 3. The molecule has 3 N–H and O–H groups in total. The summed E-state index contributed by atoms with van der Waals surface area (Å²) in [5.41, 5.74) is 4.75. The van der Waals surface area contributed by atoms with E-state index >= 15 is 0 Å². The van der Waals surface area contributed by atoms with Crippen molar-refractivity contribution < 1.29 is 9.59 Å². The molecule has 130 valence electrons. The number of benzene rings is 1. The molecule has 1 amide bonds. The zero-order valence-electron chi connectivity index (χ0n) is 14.6. The minimum absolute atomic E-state index is 0.0829. The third-order valence-corrected chi connectivity index (χ3v) is 3.49. The molecule has 6 heteroatoms. The summed E-state index contributed by atoms with van der Waals surface area (Å²) < 4.78 is 0. The van der Waals surface area contributed by atoms with E-state index < -0.39 is 0 Å². The second-order valence-corrected chi connectivity index (χ2v) is 5.40. The van der Waals surface area contributed by atoms with Crippen molar-refractivity contribution in [1.29, 1.82) is 0 Å². The molecule has 1 heterocycles. The van der Waals surface area contributed by atoms with Crippen LogP contribution in [0.5, 0.6) is 0 Å². The average molecular weight is 338 g/mol. The normalized spacial score (nSPS) is 13.1. The zero-order valence-corrected chi connectivity index (χ0v) is 14.6. The van der Waals surface area contributed by atoms with E-state index in [2.05, 4.69) is 38.8 Å². The van der Waals surface area contributed by atoms with E-state index in [1.54, 1.807) is 0 Å². The van der Waals surface area contributed by atoms with Crippen molar-refractivity contribution >= 4 is 34.5 Å². The van der Waals surface area contributed by atoms with Gasteiger partial charge >= 0.3 is 0 Å². The fourth-order valence-corrected chi connectivity index (χ4v) is 2.41. The lowest BCUT2D eigenvalue weighted by molar-refractivity contribution is -0.114. The Hall–Kier alpha value is -3.15. The molecule has 0 unspecified atom stereocenters. The molecule has 2 aromatic rings. The molecule has 1 aromatic carbocycles. The maximum absolute atomic E-state index is 11.1. The topological polar surface area (TPSA) is 86.9 Å². The van der Waals surface area contributed by atoms with Crippen LogP contribution in [0.3, 0.4) is 0 Å². The highest BCUT2D eigenvalue weighted by atomic mass is 16.1. The Morgan fingerprint density at radius 1 is 1.32 bits per heavy atom. The highest BCUT2D eigenvalue weighted by Crippen LogP contribution is 2.24. The maximum atomic E-state index is 11.1. The lowest BCUT2D eigenvalue weighted by Gasteiger charge is -2.00. The molecule has 3 rings (SSSR count). The predicted molar refractivity (Wildman–Crippen MR) is 101 cm³/mol. The Balaban J connectivity index is 0.000000701. The van der Waals surface area contributed by atoms with Gasteiger partial charge < -0.3 is 20.4 Å². The number of hydrogen-bond acceptors (Lipinski definition) is 4. The third kappa shape index (κ3) is 4.91. The van der Waals surface area contributed by atoms with Gasteiger partial charge in [0.25, 0.3) is 0 Å². The molecule has 0 spiro atoms. The number of hydrogen-bond donors (Lipinski definition) is 3. The fraction of sp³-hybridized carbons (Fsp3) is 0.211. The second-order valence-electron chi connectivity index (χ2n) is 5.40. The molecule has 0 saturated carbocycles. The SMILES string of the molecule is CC=O.CNC1=CC=C(c2nc3ccc(NC(C)=O)cc3[nH]2)CC=C1. The fourth-order valence-electron chi connectivity index (χ4n) is 2.41. The van der Waals surface area contributed by atoms with Crippen LogP contribution in [0.25, 0.3) is 16.6 Å². The Morgan fingerprint density at radius 3 is 2.76 bits per heavy atom. The summed E-state index contributed by atoms with van der Waals surface area (Å²) in [6, 6.07) is 5.66. The van der Waals surface area contributed by atoms with E-state index in [1.807, 2.05) is 31.3 Å². The van der Waals surface area contributed by atoms with Gasteiger partial charge in [-0.3, -0.25) is 4.79 Å². The first kappa shape index (κ1) is 18.2. The summed E-state index contributed by atoms with van der Waals surface area (Å²) in [5.74, 6) is 0.772. The predicted octanol–water partition coefficient (Wildman–Crippen LogP) is 3.17. The second kappa shape index (κ2) is 8.63. The zero-order chi connectivity index (χ0) is 18.2. The maximum Gasteiger partial charge on any atom is 0.221 e. The van der Waals surface area contributed by atoms with E-state index in [4.69, 9.17) is 4.79 Å². The minimum Gasteiger partial charge on any atom is -0.388 e. The van der Waals surface area contributed by atoms with Crippen LogP contribution < -0.4 is 10.6 Å². The van der Waals surface area contributed by atoms with Crippen LogP contribution in [-0.2, 0) is 9.59 Å². The van der Waals surface area contributed by atoms with Gasteiger partial charge in [-0.15, -0.1) is 0 Å². The van der Waals surface area contributed by atoms with Gasteiger partial charge in [-0.25, -0.2) is 4.98 Å². The Morgan fingerprint density at radius 2 is 2.08 bits per heavy atom. The molecule has 0 radical (unpaired) electrons. The Bertz CT molecular complexity index is 859. The van der Waals surface area contributed by atoms with Crippen LogP contribution in [0.15, 0.2) is 48.2 Å². The molecule has 0 saturated heterocycles.